The molecular weight excluding hydrogens is 435 g/mol. The van der Waals surface area contributed by atoms with Crippen LogP contribution in [0, 0.1) is 0 Å². The Morgan fingerprint density at radius 2 is 2.00 bits per heavy atom. The first kappa shape index (κ1) is 22.1. The van der Waals surface area contributed by atoms with E-state index in [2.05, 4.69) is 17.0 Å². The summed E-state index contributed by atoms with van der Waals surface area (Å²) in [7, 11) is 1.64. The molecule has 0 radical (unpaired) electrons. The lowest BCUT2D eigenvalue weighted by atomic mass is 10.1. The molecule has 1 N–H and O–H groups in total. The SMILES string of the molecule is C=C(NCCOC)c1cnn(-c2cccc3cc(Cc4cccc(C(F)(F)F)c4)sc23)c1. The van der Waals surface area contributed by atoms with Crippen molar-refractivity contribution >= 4 is 27.1 Å². The molecule has 0 aliphatic heterocycles. The molecule has 0 aliphatic rings. The fourth-order valence-corrected chi connectivity index (χ4v) is 4.64. The molecule has 2 aromatic heterocycles. The van der Waals surface area contributed by atoms with Crippen LogP contribution in [0.2, 0.25) is 0 Å². The van der Waals surface area contributed by atoms with Crippen LogP contribution in [0.5, 0.6) is 0 Å². The van der Waals surface area contributed by atoms with Gasteiger partial charge in [-0.25, -0.2) is 4.68 Å². The van der Waals surface area contributed by atoms with Gasteiger partial charge in [-0.2, -0.15) is 18.3 Å². The minimum Gasteiger partial charge on any atom is -0.383 e. The number of hydrogen-bond acceptors (Lipinski definition) is 4. The molecule has 32 heavy (non-hydrogen) atoms. The highest BCUT2D eigenvalue weighted by molar-refractivity contribution is 7.19. The molecule has 2 heterocycles. The number of methoxy groups -OCH3 is 1. The number of hydrogen-bond donors (Lipinski definition) is 1. The lowest BCUT2D eigenvalue weighted by molar-refractivity contribution is -0.137. The summed E-state index contributed by atoms with van der Waals surface area (Å²) in [4.78, 5) is 0.991. The number of halogens is 3. The molecule has 0 aliphatic carbocycles. The maximum absolute atomic E-state index is 13.0. The van der Waals surface area contributed by atoms with Crippen molar-refractivity contribution < 1.29 is 17.9 Å². The van der Waals surface area contributed by atoms with Gasteiger partial charge in [-0.1, -0.05) is 36.9 Å². The molecule has 0 unspecified atom stereocenters. The second-order valence-corrected chi connectivity index (χ2v) is 8.49. The van der Waals surface area contributed by atoms with Crippen molar-refractivity contribution in [2.45, 2.75) is 12.6 Å². The van der Waals surface area contributed by atoms with Crippen molar-refractivity contribution in [3.8, 4) is 5.69 Å². The van der Waals surface area contributed by atoms with Crippen LogP contribution in [0.25, 0.3) is 21.5 Å². The summed E-state index contributed by atoms with van der Waals surface area (Å²) in [5.41, 5.74) is 2.56. The maximum Gasteiger partial charge on any atom is 0.416 e. The molecule has 166 valence electrons. The van der Waals surface area contributed by atoms with E-state index in [0.29, 0.717) is 25.1 Å². The third-order valence-electron chi connectivity index (χ3n) is 5.03. The van der Waals surface area contributed by atoms with Crippen molar-refractivity contribution in [3.05, 3.63) is 89.1 Å². The predicted octanol–water partition coefficient (Wildman–Crippen LogP) is 5.90. The predicted molar refractivity (Wildman–Crippen MR) is 122 cm³/mol. The Labute approximate surface area is 187 Å². The van der Waals surface area contributed by atoms with Gasteiger partial charge in [0.25, 0.3) is 0 Å². The molecule has 8 heteroatoms. The van der Waals surface area contributed by atoms with E-state index >= 15 is 0 Å². The van der Waals surface area contributed by atoms with E-state index in [9.17, 15) is 13.2 Å². The molecule has 0 saturated carbocycles. The van der Waals surface area contributed by atoms with Gasteiger partial charge in [0.2, 0.25) is 0 Å². The number of thiophene rings is 1. The lowest BCUT2D eigenvalue weighted by Gasteiger charge is -2.08. The largest absolute Gasteiger partial charge is 0.416 e. The first-order valence-corrected chi connectivity index (χ1v) is 10.8. The minimum atomic E-state index is -4.34. The molecule has 2 aromatic carbocycles. The molecule has 0 bridgehead atoms. The summed E-state index contributed by atoms with van der Waals surface area (Å²) in [5, 5.41) is 8.71. The maximum atomic E-state index is 13.0. The third-order valence-corrected chi connectivity index (χ3v) is 6.20. The Morgan fingerprint density at radius 3 is 2.78 bits per heavy atom. The third kappa shape index (κ3) is 4.87. The molecule has 0 atom stereocenters. The molecule has 0 spiro atoms. The molecule has 0 fully saturated rings. The zero-order valence-electron chi connectivity index (χ0n) is 17.4. The lowest BCUT2D eigenvalue weighted by Crippen LogP contribution is -2.16. The van der Waals surface area contributed by atoms with Crippen molar-refractivity contribution in [2.24, 2.45) is 0 Å². The summed E-state index contributed by atoms with van der Waals surface area (Å²) < 4.78 is 47.0. The number of alkyl halides is 3. The van der Waals surface area contributed by atoms with Crippen LogP contribution in [0.3, 0.4) is 0 Å². The fraction of sp³-hybridized carbons (Fsp3) is 0.208. The van der Waals surface area contributed by atoms with Crippen LogP contribution in [0.1, 0.15) is 21.6 Å². The highest BCUT2D eigenvalue weighted by atomic mass is 32.1. The van der Waals surface area contributed by atoms with Crippen LogP contribution >= 0.6 is 11.3 Å². The Bertz CT molecular complexity index is 1240. The van der Waals surface area contributed by atoms with Crippen molar-refractivity contribution in [3.63, 3.8) is 0 Å². The summed E-state index contributed by atoms with van der Waals surface area (Å²) in [6, 6.07) is 13.4. The topological polar surface area (TPSA) is 39.1 Å². The van der Waals surface area contributed by atoms with Crippen LogP contribution in [0.4, 0.5) is 13.2 Å². The van der Waals surface area contributed by atoms with Gasteiger partial charge >= 0.3 is 6.18 Å². The Kier molecular flexibility index (Phi) is 6.34. The van der Waals surface area contributed by atoms with Gasteiger partial charge < -0.3 is 10.1 Å². The Morgan fingerprint density at radius 1 is 1.19 bits per heavy atom. The average molecular weight is 458 g/mol. The highest BCUT2D eigenvalue weighted by Gasteiger charge is 2.30. The molecule has 4 nitrogen and oxygen atoms in total. The van der Waals surface area contributed by atoms with Gasteiger partial charge in [-0.05, 0) is 29.1 Å². The van der Waals surface area contributed by atoms with Crippen LogP contribution in [-0.4, -0.2) is 30.0 Å². The Hall–Kier alpha value is -3.10. The van der Waals surface area contributed by atoms with Gasteiger partial charge in [0, 0.05) is 42.4 Å². The van der Waals surface area contributed by atoms with Gasteiger partial charge in [-0.15, -0.1) is 11.3 Å². The highest BCUT2D eigenvalue weighted by Crippen LogP contribution is 2.34. The average Bonchev–Trinajstić information content (AvgIpc) is 3.40. The summed E-state index contributed by atoms with van der Waals surface area (Å²) >= 11 is 1.56. The molecule has 0 saturated heterocycles. The number of benzene rings is 2. The zero-order valence-corrected chi connectivity index (χ0v) is 18.3. The quantitative estimate of drug-likeness (QED) is 0.335. The summed E-state index contributed by atoms with van der Waals surface area (Å²) in [6.07, 6.45) is -0.252. The molecule has 4 rings (SSSR count). The number of nitrogens with one attached hydrogen (secondary N) is 1. The fourth-order valence-electron chi connectivity index (χ4n) is 3.44. The Balaban J connectivity index is 1.59. The second kappa shape index (κ2) is 9.18. The summed E-state index contributed by atoms with van der Waals surface area (Å²) in [5.74, 6) is 0. The van der Waals surface area contributed by atoms with Crippen LogP contribution in [-0.2, 0) is 17.3 Å². The molecule has 0 amide bonds. The van der Waals surface area contributed by atoms with E-state index in [1.807, 2.05) is 30.5 Å². The van der Waals surface area contributed by atoms with E-state index in [1.165, 1.54) is 12.1 Å². The normalized spacial score (nSPS) is 11.8. The van der Waals surface area contributed by atoms with Crippen LogP contribution in [0.15, 0.2) is 67.5 Å². The van der Waals surface area contributed by atoms with E-state index < -0.39 is 11.7 Å². The number of fused-ring (bicyclic) bond motifs is 1. The summed E-state index contributed by atoms with van der Waals surface area (Å²) in [6.45, 7) is 5.28. The monoisotopic (exact) mass is 457 g/mol. The number of ether oxygens (including phenoxy) is 1. The van der Waals surface area contributed by atoms with Crippen molar-refractivity contribution in [2.75, 3.05) is 20.3 Å². The van der Waals surface area contributed by atoms with Gasteiger partial charge in [0.05, 0.1) is 28.8 Å². The number of aromatic nitrogens is 2. The zero-order chi connectivity index (χ0) is 22.7. The van der Waals surface area contributed by atoms with Crippen molar-refractivity contribution in [1.29, 1.82) is 0 Å². The first-order valence-electron chi connectivity index (χ1n) is 10.00. The van der Waals surface area contributed by atoms with E-state index in [1.54, 1.807) is 35.4 Å². The second-order valence-electron chi connectivity index (χ2n) is 7.35. The standard InChI is InChI=1S/C24H22F3N3OS/c1-16(28-9-10-31-2)19-14-29-30(15-19)22-8-4-6-18-13-21(32-23(18)22)12-17-5-3-7-20(11-17)24(25,26)27/h3-8,11,13-15,28H,1,9-10,12H2,2H3. The first-order chi connectivity index (χ1) is 15.3. The van der Waals surface area contributed by atoms with E-state index in [4.69, 9.17) is 4.74 Å². The van der Waals surface area contributed by atoms with E-state index in [0.717, 1.165) is 38.0 Å². The van der Waals surface area contributed by atoms with E-state index in [-0.39, 0.29) is 0 Å². The number of rotatable bonds is 8. The number of nitrogens with zero attached hydrogens (tertiary/aromatic N) is 2. The smallest absolute Gasteiger partial charge is 0.383 e. The minimum absolute atomic E-state index is 0.438. The van der Waals surface area contributed by atoms with Crippen LogP contribution < -0.4 is 5.32 Å². The van der Waals surface area contributed by atoms with Gasteiger partial charge in [-0.3, -0.25) is 0 Å². The van der Waals surface area contributed by atoms with Gasteiger partial charge in [0.15, 0.2) is 0 Å². The van der Waals surface area contributed by atoms with Crippen molar-refractivity contribution in [1.82, 2.24) is 15.1 Å². The molecule has 4 aromatic rings. The molecular formula is C24H22F3N3OS. The van der Waals surface area contributed by atoms with Gasteiger partial charge in [0.1, 0.15) is 0 Å².